The van der Waals surface area contributed by atoms with Crippen LogP contribution in [0.2, 0.25) is 5.02 Å². The standard InChI is InChI=1S/C10H12ClFN2O2/c1-13-9(10(15)16)5-14-6-2-3-8(12)7(11)4-6/h2-4,9,13-14H,5H2,1H3,(H,15,16). The number of carboxylic acids is 1. The zero-order chi connectivity index (χ0) is 12.1. The van der Waals surface area contributed by atoms with E-state index in [9.17, 15) is 9.18 Å². The van der Waals surface area contributed by atoms with Crippen LogP contribution < -0.4 is 10.6 Å². The number of hydrogen-bond donors (Lipinski definition) is 3. The van der Waals surface area contributed by atoms with Gasteiger partial charge >= 0.3 is 5.97 Å². The topological polar surface area (TPSA) is 61.4 Å². The highest BCUT2D eigenvalue weighted by atomic mass is 35.5. The average Bonchev–Trinajstić information content (AvgIpc) is 2.23. The lowest BCUT2D eigenvalue weighted by molar-refractivity contribution is -0.138. The molecule has 3 N–H and O–H groups in total. The first-order chi connectivity index (χ1) is 7.54. The molecule has 0 saturated heterocycles. The van der Waals surface area contributed by atoms with Crippen LogP contribution in [-0.2, 0) is 4.79 Å². The van der Waals surface area contributed by atoms with Crippen molar-refractivity contribution >= 4 is 23.3 Å². The summed E-state index contributed by atoms with van der Waals surface area (Å²) in [6.45, 7) is 0.188. The fourth-order valence-corrected chi connectivity index (χ4v) is 1.32. The minimum Gasteiger partial charge on any atom is -0.480 e. The highest BCUT2D eigenvalue weighted by molar-refractivity contribution is 6.31. The van der Waals surface area contributed by atoms with Crippen LogP contribution in [0.15, 0.2) is 18.2 Å². The molecule has 0 aliphatic carbocycles. The van der Waals surface area contributed by atoms with Crippen molar-refractivity contribution in [2.45, 2.75) is 6.04 Å². The molecule has 0 radical (unpaired) electrons. The molecule has 88 valence electrons. The molecule has 0 aromatic heterocycles. The molecule has 6 heteroatoms. The van der Waals surface area contributed by atoms with Crippen molar-refractivity contribution in [1.82, 2.24) is 5.32 Å². The summed E-state index contributed by atoms with van der Waals surface area (Å²) in [5.74, 6) is -1.46. The molecule has 16 heavy (non-hydrogen) atoms. The quantitative estimate of drug-likeness (QED) is 0.738. The van der Waals surface area contributed by atoms with E-state index in [0.717, 1.165) is 0 Å². The summed E-state index contributed by atoms with van der Waals surface area (Å²) in [5, 5.41) is 14.2. The van der Waals surface area contributed by atoms with E-state index >= 15 is 0 Å². The molecule has 0 heterocycles. The number of carboxylic acid groups (broad SMARTS) is 1. The highest BCUT2D eigenvalue weighted by Crippen LogP contribution is 2.19. The van der Waals surface area contributed by atoms with Crippen LogP contribution in [0.4, 0.5) is 10.1 Å². The van der Waals surface area contributed by atoms with Crippen LogP contribution in [0.1, 0.15) is 0 Å². The van der Waals surface area contributed by atoms with Crippen molar-refractivity contribution in [3.63, 3.8) is 0 Å². The second-order valence-corrected chi connectivity index (χ2v) is 3.60. The summed E-state index contributed by atoms with van der Waals surface area (Å²) in [7, 11) is 1.55. The fraction of sp³-hybridized carbons (Fsp3) is 0.300. The lowest BCUT2D eigenvalue weighted by Gasteiger charge is -2.13. The Morgan fingerprint density at radius 1 is 1.62 bits per heavy atom. The largest absolute Gasteiger partial charge is 0.480 e. The third-order valence-corrected chi connectivity index (χ3v) is 2.37. The van der Waals surface area contributed by atoms with Gasteiger partial charge in [0, 0.05) is 12.2 Å². The summed E-state index contributed by atoms with van der Waals surface area (Å²) in [4.78, 5) is 10.7. The van der Waals surface area contributed by atoms with Gasteiger partial charge in [0.05, 0.1) is 5.02 Å². The van der Waals surface area contributed by atoms with Crippen molar-refractivity contribution in [3.8, 4) is 0 Å². The highest BCUT2D eigenvalue weighted by Gasteiger charge is 2.14. The van der Waals surface area contributed by atoms with E-state index in [-0.39, 0.29) is 11.6 Å². The summed E-state index contributed by atoms with van der Waals surface area (Å²) in [6.07, 6.45) is 0. The number of carbonyl (C=O) groups is 1. The number of likely N-dealkylation sites (N-methyl/N-ethyl adjacent to an activating group) is 1. The van der Waals surface area contributed by atoms with E-state index in [0.29, 0.717) is 5.69 Å². The predicted molar refractivity (Wildman–Crippen MR) is 60.4 cm³/mol. The minimum atomic E-state index is -0.955. The Balaban J connectivity index is 2.60. The second-order valence-electron chi connectivity index (χ2n) is 3.19. The molecule has 0 amide bonds. The van der Waals surface area contributed by atoms with E-state index in [4.69, 9.17) is 16.7 Å². The first kappa shape index (κ1) is 12.7. The summed E-state index contributed by atoms with van der Waals surface area (Å²) in [6, 6.07) is 3.42. The van der Waals surface area contributed by atoms with Gasteiger partial charge in [-0.15, -0.1) is 0 Å². The molecule has 0 bridgehead atoms. The van der Waals surface area contributed by atoms with Crippen LogP contribution in [0.3, 0.4) is 0 Å². The van der Waals surface area contributed by atoms with Gasteiger partial charge in [-0.2, -0.15) is 0 Å². The normalized spacial score (nSPS) is 12.2. The molecular formula is C10H12ClFN2O2. The van der Waals surface area contributed by atoms with Gasteiger partial charge in [-0.25, -0.2) is 4.39 Å². The van der Waals surface area contributed by atoms with E-state index < -0.39 is 17.8 Å². The first-order valence-corrected chi connectivity index (χ1v) is 5.01. The molecule has 0 aliphatic rings. The average molecular weight is 247 g/mol. The van der Waals surface area contributed by atoms with Gasteiger partial charge in [-0.3, -0.25) is 4.79 Å². The third kappa shape index (κ3) is 3.36. The van der Waals surface area contributed by atoms with Gasteiger partial charge in [0.25, 0.3) is 0 Å². The van der Waals surface area contributed by atoms with Crippen LogP contribution in [0.5, 0.6) is 0 Å². The molecule has 1 unspecified atom stereocenters. The molecular weight excluding hydrogens is 235 g/mol. The SMILES string of the molecule is CNC(CNc1ccc(F)c(Cl)c1)C(=O)O. The maximum atomic E-state index is 12.8. The number of halogens is 2. The third-order valence-electron chi connectivity index (χ3n) is 2.08. The summed E-state index contributed by atoms with van der Waals surface area (Å²) < 4.78 is 12.8. The Morgan fingerprint density at radius 3 is 2.81 bits per heavy atom. The number of benzene rings is 1. The van der Waals surface area contributed by atoms with Gasteiger partial charge < -0.3 is 15.7 Å². The van der Waals surface area contributed by atoms with Gasteiger partial charge in [0.15, 0.2) is 0 Å². The molecule has 1 aromatic rings. The van der Waals surface area contributed by atoms with E-state index in [1.807, 2.05) is 0 Å². The molecule has 1 aromatic carbocycles. The maximum absolute atomic E-state index is 12.8. The summed E-state index contributed by atoms with van der Waals surface area (Å²) >= 11 is 5.58. The number of anilines is 1. The number of aliphatic carboxylic acids is 1. The Hall–Kier alpha value is -1.33. The molecule has 0 saturated carbocycles. The van der Waals surface area contributed by atoms with Crippen LogP contribution in [-0.4, -0.2) is 30.7 Å². The predicted octanol–water partition coefficient (Wildman–Crippen LogP) is 1.56. The zero-order valence-corrected chi connectivity index (χ0v) is 9.38. The van der Waals surface area contributed by atoms with Crippen LogP contribution >= 0.6 is 11.6 Å². The lowest BCUT2D eigenvalue weighted by atomic mass is 10.2. The van der Waals surface area contributed by atoms with Crippen molar-refractivity contribution in [3.05, 3.63) is 29.0 Å². The lowest BCUT2D eigenvalue weighted by Crippen LogP contribution is -2.39. The van der Waals surface area contributed by atoms with Gasteiger partial charge in [0.2, 0.25) is 0 Å². The van der Waals surface area contributed by atoms with E-state index in [2.05, 4.69) is 10.6 Å². The Bertz CT molecular complexity index is 387. The van der Waals surface area contributed by atoms with E-state index in [1.54, 1.807) is 7.05 Å². The maximum Gasteiger partial charge on any atom is 0.322 e. The van der Waals surface area contributed by atoms with Gasteiger partial charge in [-0.05, 0) is 25.2 Å². The Kier molecular flexibility index (Phi) is 4.52. The van der Waals surface area contributed by atoms with E-state index in [1.165, 1.54) is 18.2 Å². The summed E-state index contributed by atoms with van der Waals surface area (Å²) in [5.41, 5.74) is 0.577. The molecule has 1 atom stereocenters. The number of hydrogen-bond acceptors (Lipinski definition) is 3. The minimum absolute atomic E-state index is 0.00123. The monoisotopic (exact) mass is 246 g/mol. The van der Waals surface area contributed by atoms with Crippen LogP contribution in [0.25, 0.3) is 0 Å². The van der Waals surface area contributed by atoms with Crippen molar-refractivity contribution in [2.24, 2.45) is 0 Å². The van der Waals surface area contributed by atoms with Crippen LogP contribution in [0, 0.1) is 5.82 Å². The first-order valence-electron chi connectivity index (χ1n) is 4.63. The smallest absolute Gasteiger partial charge is 0.322 e. The molecule has 0 spiro atoms. The molecule has 1 rings (SSSR count). The number of rotatable bonds is 5. The van der Waals surface area contributed by atoms with Crippen molar-refractivity contribution in [2.75, 3.05) is 18.9 Å². The van der Waals surface area contributed by atoms with Crippen molar-refractivity contribution in [1.29, 1.82) is 0 Å². The molecule has 0 aliphatic heterocycles. The van der Waals surface area contributed by atoms with Gasteiger partial charge in [-0.1, -0.05) is 11.6 Å². The zero-order valence-electron chi connectivity index (χ0n) is 8.63. The Morgan fingerprint density at radius 2 is 2.31 bits per heavy atom. The van der Waals surface area contributed by atoms with Gasteiger partial charge in [0.1, 0.15) is 11.9 Å². The molecule has 0 fully saturated rings. The number of nitrogens with one attached hydrogen (secondary N) is 2. The molecule has 4 nitrogen and oxygen atoms in total. The fourth-order valence-electron chi connectivity index (χ4n) is 1.14. The van der Waals surface area contributed by atoms with Crippen molar-refractivity contribution < 1.29 is 14.3 Å². The second kappa shape index (κ2) is 5.67. The Labute approximate surface area is 97.4 Å².